The molecule has 0 heterocycles. The highest BCUT2D eigenvalue weighted by atomic mass is 14.4. The van der Waals surface area contributed by atoms with Gasteiger partial charge < -0.3 is 0 Å². The molecule has 0 aromatic heterocycles. The van der Waals surface area contributed by atoms with Crippen molar-refractivity contribution in [3.63, 3.8) is 0 Å². The van der Waals surface area contributed by atoms with Crippen molar-refractivity contribution >= 4 is 56.7 Å². The molecule has 2 heteroatoms. The van der Waals surface area contributed by atoms with Crippen molar-refractivity contribution in [3.05, 3.63) is 83.9 Å². The van der Waals surface area contributed by atoms with E-state index in [0.717, 1.165) is 30.0 Å². The quantitative estimate of drug-likeness (QED) is 0.122. The van der Waals surface area contributed by atoms with Gasteiger partial charge in [-0.15, -0.1) is 0 Å². The van der Waals surface area contributed by atoms with E-state index in [1.165, 1.54) is 172 Å². The van der Waals surface area contributed by atoms with Crippen molar-refractivity contribution < 1.29 is 0 Å². The van der Waals surface area contributed by atoms with E-state index in [-0.39, 0.29) is 5.41 Å². The lowest BCUT2D eigenvalue weighted by Gasteiger charge is -2.39. The SMILES string of the molecule is CC1(C)c2cc(B(C3CCCCC3)C3CCCCC3)ccc2-c2cc3c4ccccc4c(B(C4CCCCC4)C4CCCCC4)cc3c3cccc1c23. The summed E-state index contributed by atoms with van der Waals surface area (Å²) in [5.74, 6) is 3.39. The van der Waals surface area contributed by atoms with Crippen LogP contribution in [0.2, 0.25) is 23.3 Å². The topological polar surface area (TPSA) is 0 Å². The number of hydrogen-bond acceptors (Lipinski definition) is 0. The van der Waals surface area contributed by atoms with E-state index in [0.29, 0.717) is 6.71 Å². The summed E-state index contributed by atoms with van der Waals surface area (Å²) in [6.07, 6.45) is 28.6. The van der Waals surface area contributed by atoms with Gasteiger partial charge in [-0.2, -0.15) is 0 Å². The Balaban J connectivity index is 1.17. The molecule has 10 rings (SSSR count). The largest absolute Gasteiger partial charge is 0.183 e. The maximum absolute atomic E-state index is 2.75. The van der Waals surface area contributed by atoms with Gasteiger partial charge in [0.2, 0.25) is 0 Å². The molecule has 0 amide bonds. The molecule has 0 nitrogen and oxygen atoms in total. The maximum atomic E-state index is 2.75. The van der Waals surface area contributed by atoms with Gasteiger partial charge in [-0.05, 0) is 60.6 Å². The third kappa shape index (κ3) is 5.94. The summed E-state index contributed by atoms with van der Waals surface area (Å²) < 4.78 is 0. The molecule has 5 aliphatic rings. The summed E-state index contributed by atoms with van der Waals surface area (Å²) in [5.41, 5.74) is 9.39. The third-order valence-electron chi connectivity index (χ3n) is 16.1. The van der Waals surface area contributed by atoms with Crippen LogP contribution in [-0.4, -0.2) is 13.4 Å². The first kappa shape index (κ1) is 34.5. The van der Waals surface area contributed by atoms with Crippen LogP contribution >= 0.6 is 0 Å². The number of rotatable bonds is 6. The van der Waals surface area contributed by atoms with Crippen LogP contribution in [0.4, 0.5) is 0 Å². The highest BCUT2D eigenvalue weighted by Crippen LogP contribution is 2.52. The first-order valence-corrected chi connectivity index (χ1v) is 22.6. The fourth-order valence-corrected chi connectivity index (χ4v) is 13.6. The first-order chi connectivity index (χ1) is 26.1. The van der Waals surface area contributed by atoms with Crippen molar-refractivity contribution in [2.75, 3.05) is 0 Å². The first-order valence-electron chi connectivity index (χ1n) is 22.6. The van der Waals surface area contributed by atoms with Gasteiger partial charge in [0.25, 0.3) is 0 Å². The van der Waals surface area contributed by atoms with Gasteiger partial charge in [-0.1, -0.05) is 243 Å². The standard InChI is InChI=1S/C51H62B2/c1-51(2)47-29-17-28-43-45-34-49(53(37-22-11-5-12-23-37)38-24-13-6-14-25-38)42-27-16-15-26-40(42)44(45)33-46(50(43)47)41-31-30-39(32-48(41)51)52(35-18-7-3-8-19-35)36-20-9-4-10-21-36/h15-17,26-38H,3-14,18-25H2,1-2H3. The lowest BCUT2D eigenvalue weighted by molar-refractivity contribution is 0.465. The molecule has 5 aromatic rings. The lowest BCUT2D eigenvalue weighted by Crippen LogP contribution is -2.42. The Labute approximate surface area is 321 Å². The van der Waals surface area contributed by atoms with Crippen LogP contribution < -0.4 is 10.9 Å². The molecule has 0 N–H and O–H groups in total. The van der Waals surface area contributed by atoms with Crippen molar-refractivity contribution in [1.82, 2.24) is 0 Å². The van der Waals surface area contributed by atoms with Gasteiger partial charge >= 0.3 is 0 Å². The molecule has 5 aromatic carbocycles. The average Bonchev–Trinajstić information content (AvgIpc) is 3.22. The second-order valence-corrected chi connectivity index (χ2v) is 19.3. The van der Waals surface area contributed by atoms with E-state index in [4.69, 9.17) is 0 Å². The van der Waals surface area contributed by atoms with E-state index >= 15 is 0 Å². The summed E-state index contributed by atoms with van der Waals surface area (Å²) in [7, 11) is 0. The Morgan fingerprint density at radius 3 is 1.51 bits per heavy atom. The van der Waals surface area contributed by atoms with Crippen LogP contribution in [0.15, 0.2) is 72.8 Å². The molecule has 0 radical (unpaired) electrons. The fraction of sp³-hybridized carbons (Fsp3) is 0.529. The van der Waals surface area contributed by atoms with Crippen molar-refractivity contribution in [1.29, 1.82) is 0 Å². The third-order valence-corrected chi connectivity index (χ3v) is 16.1. The minimum atomic E-state index is -0.0401. The monoisotopic (exact) mass is 697 g/mol. The Kier molecular flexibility index (Phi) is 9.28. The smallest absolute Gasteiger partial charge is 0.0791 e. The van der Waals surface area contributed by atoms with Gasteiger partial charge in [0.15, 0.2) is 13.4 Å². The molecule has 0 saturated heterocycles. The van der Waals surface area contributed by atoms with Crippen molar-refractivity contribution in [2.45, 2.75) is 171 Å². The predicted molar refractivity (Wildman–Crippen MR) is 235 cm³/mol. The summed E-state index contributed by atoms with van der Waals surface area (Å²) in [6, 6.07) is 30.3. The van der Waals surface area contributed by atoms with Crippen LogP contribution in [0.1, 0.15) is 153 Å². The highest BCUT2D eigenvalue weighted by Gasteiger charge is 2.40. The molecule has 272 valence electrons. The van der Waals surface area contributed by atoms with Crippen LogP contribution in [0.25, 0.3) is 43.4 Å². The molecule has 0 atom stereocenters. The molecule has 0 bridgehead atoms. The Morgan fingerprint density at radius 2 is 0.925 bits per heavy atom. The molecule has 0 spiro atoms. The number of benzene rings is 5. The molecular formula is C51H62B2. The second-order valence-electron chi connectivity index (χ2n) is 19.3. The molecule has 4 saturated carbocycles. The second kappa shape index (κ2) is 14.3. The molecule has 0 aliphatic heterocycles. The minimum absolute atomic E-state index is 0.0401. The van der Waals surface area contributed by atoms with Gasteiger partial charge in [0.05, 0.1) is 0 Å². The Hall–Kier alpha value is -2.99. The molecular weight excluding hydrogens is 634 g/mol. The van der Waals surface area contributed by atoms with Crippen LogP contribution in [0.3, 0.4) is 0 Å². The van der Waals surface area contributed by atoms with Crippen molar-refractivity contribution in [2.24, 2.45) is 0 Å². The maximum Gasteiger partial charge on any atom is 0.183 e. The summed E-state index contributed by atoms with van der Waals surface area (Å²) in [6.45, 7) is 6.51. The summed E-state index contributed by atoms with van der Waals surface area (Å²) in [4.78, 5) is 0. The zero-order valence-corrected chi connectivity index (χ0v) is 33.0. The van der Waals surface area contributed by atoms with Crippen molar-refractivity contribution in [3.8, 4) is 11.1 Å². The van der Waals surface area contributed by atoms with E-state index in [2.05, 4.69) is 86.6 Å². The summed E-state index contributed by atoms with van der Waals surface area (Å²) >= 11 is 0. The molecule has 0 unspecified atom stereocenters. The summed E-state index contributed by atoms with van der Waals surface area (Å²) in [5, 5.41) is 9.00. The van der Waals surface area contributed by atoms with E-state index in [1.54, 1.807) is 21.9 Å². The number of hydrogen-bond donors (Lipinski definition) is 0. The van der Waals surface area contributed by atoms with Gasteiger partial charge in [0.1, 0.15) is 0 Å². The Morgan fingerprint density at radius 1 is 0.415 bits per heavy atom. The van der Waals surface area contributed by atoms with Crippen LogP contribution in [0, 0.1) is 0 Å². The normalized spacial score (nSPS) is 21.6. The van der Waals surface area contributed by atoms with E-state index in [1.807, 2.05) is 0 Å². The molecule has 5 aliphatic carbocycles. The van der Waals surface area contributed by atoms with Crippen LogP contribution in [-0.2, 0) is 5.41 Å². The lowest BCUT2D eigenvalue weighted by atomic mass is 9.27. The van der Waals surface area contributed by atoms with Gasteiger partial charge in [-0.25, -0.2) is 0 Å². The highest BCUT2D eigenvalue weighted by molar-refractivity contribution is 6.78. The Bertz CT molecular complexity index is 2080. The predicted octanol–water partition coefficient (Wildman–Crippen LogP) is 14.2. The minimum Gasteiger partial charge on any atom is -0.0791 e. The van der Waals surface area contributed by atoms with E-state index < -0.39 is 0 Å². The number of fused-ring (bicyclic) bond motifs is 6. The fourth-order valence-electron chi connectivity index (χ4n) is 13.6. The zero-order chi connectivity index (χ0) is 35.5. The van der Waals surface area contributed by atoms with E-state index in [9.17, 15) is 0 Å². The van der Waals surface area contributed by atoms with Crippen LogP contribution in [0.5, 0.6) is 0 Å². The zero-order valence-electron chi connectivity index (χ0n) is 33.0. The average molecular weight is 697 g/mol. The molecule has 4 fully saturated rings. The molecule has 53 heavy (non-hydrogen) atoms. The van der Waals surface area contributed by atoms with Gasteiger partial charge in [0, 0.05) is 5.41 Å². The van der Waals surface area contributed by atoms with Gasteiger partial charge in [-0.3, -0.25) is 0 Å².